The standard InChI is InChI=1S/C6H6BrNO/c1-9-6-4-2-3-5(7)8-6/h2-4H,1H3/i1D3,2D,3D,4D. The summed E-state index contributed by atoms with van der Waals surface area (Å²) in [6, 6.07) is -1.23. The molecule has 1 aromatic rings. The third-order valence-corrected chi connectivity index (χ3v) is 1.01. The van der Waals surface area contributed by atoms with Gasteiger partial charge in [-0.2, -0.15) is 0 Å². The molecule has 0 bridgehead atoms. The molecule has 0 atom stereocenters. The van der Waals surface area contributed by atoms with Gasteiger partial charge in [-0.15, -0.1) is 0 Å². The summed E-state index contributed by atoms with van der Waals surface area (Å²) < 4.78 is 46.8. The van der Waals surface area contributed by atoms with Gasteiger partial charge in [0.25, 0.3) is 0 Å². The van der Waals surface area contributed by atoms with Crippen LogP contribution in [0.3, 0.4) is 0 Å². The van der Waals surface area contributed by atoms with Gasteiger partial charge in [-0.3, -0.25) is 0 Å². The number of aromatic nitrogens is 1. The molecule has 0 amide bonds. The van der Waals surface area contributed by atoms with Gasteiger partial charge in [-0.25, -0.2) is 4.98 Å². The minimum absolute atomic E-state index is 0.0252. The highest BCUT2D eigenvalue weighted by Crippen LogP contribution is 2.10. The Balaban J connectivity index is 3.21. The lowest BCUT2D eigenvalue weighted by molar-refractivity contribution is 0.397. The van der Waals surface area contributed by atoms with E-state index in [0.29, 0.717) is 0 Å². The molecule has 2 nitrogen and oxygen atoms in total. The molecule has 0 fully saturated rings. The third kappa shape index (κ3) is 1.68. The van der Waals surface area contributed by atoms with Crippen molar-refractivity contribution in [1.82, 2.24) is 4.98 Å². The van der Waals surface area contributed by atoms with Crippen molar-refractivity contribution in [1.29, 1.82) is 0 Å². The molecule has 1 heterocycles. The molecular weight excluding hydrogens is 182 g/mol. The predicted octanol–water partition coefficient (Wildman–Crippen LogP) is 1.85. The van der Waals surface area contributed by atoms with E-state index in [0.717, 1.165) is 0 Å². The molecule has 0 radical (unpaired) electrons. The largest absolute Gasteiger partial charge is 0.481 e. The molecule has 0 aromatic carbocycles. The topological polar surface area (TPSA) is 22.1 Å². The van der Waals surface area contributed by atoms with E-state index in [2.05, 4.69) is 25.7 Å². The van der Waals surface area contributed by atoms with Crippen LogP contribution < -0.4 is 4.74 Å². The Labute approximate surface area is 70.4 Å². The van der Waals surface area contributed by atoms with Crippen LogP contribution in [0.25, 0.3) is 0 Å². The summed E-state index contributed by atoms with van der Waals surface area (Å²) in [6.07, 6.45) is 0. The monoisotopic (exact) mass is 193 g/mol. The minimum Gasteiger partial charge on any atom is -0.481 e. The van der Waals surface area contributed by atoms with Crippen LogP contribution in [0.4, 0.5) is 0 Å². The molecular formula is C6H6BrNO. The van der Waals surface area contributed by atoms with Gasteiger partial charge in [0.1, 0.15) is 4.60 Å². The summed E-state index contributed by atoms with van der Waals surface area (Å²) in [6.45, 7) is 0. The molecule has 1 aromatic heterocycles. The quantitative estimate of drug-likeness (QED) is 0.636. The van der Waals surface area contributed by atoms with Crippen LogP contribution >= 0.6 is 15.9 Å². The van der Waals surface area contributed by atoms with Crippen molar-refractivity contribution >= 4 is 15.9 Å². The highest BCUT2D eigenvalue weighted by atomic mass is 79.9. The highest BCUT2D eigenvalue weighted by molar-refractivity contribution is 9.10. The maximum atomic E-state index is 7.35. The first-order chi connectivity index (χ1) is 6.72. The molecule has 0 aliphatic heterocycles. The van der Waals surface area contributed by atoms with Crippen molar-refractivity contribution in [3.05, 3.63) is 22.7 Å². The summed E-state index contributed by atoms with van der Waals surface area (Å²) in [7, 11) is -2.72. The van der Waals surface area contributed by atoms with Crippen LogP contribution in [0, 0.1) is 0 Å². The van der Waals surface area contributed by atoms with Crippen LogP contribution in [-0.2, 0) is 0 Å². The van der Waals surface area contributed by atoms with Crippen LogP contribution in [-0.4, -0.2) is 12.0 Å². The molecule has 3 heteroatoms. The molecule has 0 saturated carbocycles. The summed E-state index contributed by atoms with van der Waals surface area (Å²) in [5.74, 6) is -0.483. The van der Waals surface area contributed by atoms with Gasteiger partial charge in [0.05, 0.1) is 15.3 Å². The van der Waals surface area contributed by atoms with E-state index >= 15 is 0 Å². The SMILES string of the molecule is [2H]c1c(Br)nc(OC([2H])([2H])[2H])c([2H])c1[2H]. The Morgan fingerprint density at radius 1 is 1.89 bits per heavy atom. The summed E-state index contributed by atoms with van der Waals surface area (Å²) in [5, 5.41) is 0. The fourth-order valence-electron chi connectivity index (χ4n) is 0.330. The Hall–Kier alpha value is -0.570. The normalized spacial score (nSPS) is 20.1. The molecule has 0 N–H and O–H groups in total. The molecule has 9 heavy (non-hydrogen) atoms. The molecule has 0 spiro atoms. The van der Waals surface area contributed by atoms with Gasteiger partial charge in [0.2, 0.25) is 5.88 Å². The minimum atomic E-state index is -2.72. The van der Waals surface area contributed by atoms with Crippen molar-refractivity contribution in [2.75, 3.05) is 7.04 Å². The second-order valence-corrected chi connectivity index (χ2v) is 1.94. The van der Waals surface area contributed by atoms with E-state index in [1.807, 2.05) is 0 Å². The predicted molar refractivity (Wildman–Crippen MR) is 38.5 cm³/mol. The molecule has 1 rings (SSSR count). The molecule has 0 saturated heterocycles. The zero-order valence-corrected chi connectivity index (χ0v) is 5.82. The van der Waals surface area contributed by atoms with Crippen molar-refractivity contribution in [3.8, 4) is 5.88 Å². The van der Waals surface area contributed by atoms with E-state index in [4.69, 9.17) is 8.22 Å². The van der Waals surface area contributed by atoms with Crippen LogP contribution in [0.15, 0.2) is 22.7 Å². The fourth-order valence-corrected chi connectivity index (χ4v) is 0.590. The van der Waals surface area contributed by atoms with E-state index in [1.165, 1.54) is 0 Å². The van der Waals surface area contributed by atoms with Gasteiger partial charge in [-0.05, 0) is 22.0 Å². The van der Waals surface area contributed by atoms with Crippen molar-refractivity contribution in [3.63, 3.8) is 0 Å². The number of nitrogens with zero attached hydrogens (tertiary/aromatic N) is 1. The van der Waals surface area contributed by atoms with Gasteiger partial charge < -0.3 is 4.74 Å². The Morgan fingerprint density at radius 2 is 2.78 bits per heavy atom. The first kappa shape index (κ1) is 2.23. The fraction of sp³-hybridized carbons (Fsp3) is 0.167. The molecule has 0 aliphatic carbocycles. The van der Waals surface area contributed by atoms with Gasteiger partial charge in [0.15, 0.2) is 0 Å². The summed E-state index contributed by atoms with van der Waals surface area (Å²) in [5.41, 5.74) is 0. The van der Waals surface area contributed by atoms with Gasteiger partial charge in [-0.1, -0.05) is 6.04 Å². The Kier molecular flexibility index (Phi) is 0.701. The first-order valence-electron chi connectivity index (χ1n) is 5.04. The lowest BCUT2D eigenvalue weighted by atomic mass is 10.5. The van der Waals surface area contributed by atoms with Crippen LogP contribution in [0.2, 0.25) is 0 Å². The molecule has 0 unspecified atom stereocenters. The molecule has 48 valence electrons. The Bertz CT molecular complexity index is 392. The van der Waals surface area contributed by atoms with Crippen LogP contribution in [0.5, 0.6) is 5.88 Å². The number of halogens is 1. The lowest BCUT2D eigenvalue weighted by Crippen LogP contribution is -1.85. The maximum absolute atomic E-state index is 7.35. The van der Waals surface area contributed by atoms with E-state index < -0.39 is 25.0 Å². The zero-order valence-electron chi connectivity index (χ0n) is 10.2. The first-order valence-corrected chi connectivity index (χ1v) is 2.84. The summed E-state index contributed by atoms with van der Waals surface area (Å²) >= 11 is 2.87. The van der Waals surface area contributed by atoms with Gasteiger partial charge >= 0.3 is 0 Å². The average molecular weight is 194 g/mol. The second-order valence-electron chi connectivity index (χ2n) is 1.18. The number of hydrogen-bond acceptors (Lipinski definition) is 2. The van der Waals surface area contributed by atoms with Crippen molar-refractivity contribution in [2.24, 2.45) is 0 Å². The number of methoxy groups -OCH3 is 1. The zero-order chi connectivity index (χ0) is 11.8. The number of pyridine rings is 1. The number of rotatable bonds is 1. The number of ether oxygens (including phenoxy) is 1. The third-order valence-electron chi connectivity index (χ3n) is 0.631. The molecule has 0 aliphatic rings. The lowest BCUT2D eigenvalue weighted by Gasteiger charge is -1.95. The van der Waals surface area contributed by atoms with E-state index in [-0.39, 0.29) is 10.6 Å². The average Bonchev–Trinajstić information content (AvgIpc) is 2.08. The van der Waals surface area contributed by atoms with Crippen LogP contribution in [0.1, 0.15) is 8.22 Å². The second kappa shape index (κ2) is 2.82. The van der Waals surface area contributed by atoms with E-state index in [1.54, 1.807) is 0 Å². The van der Waals surface area contributed by atoms with Gasteiger partial charge in [0, 0.05) is 6.04 Å². The van der Waals surface area contributed by atoms with Crippen molar-refractivity contribution < 1.29 is 13.0 Å². The highest BCUT2D eigenvalue weighted by Gasteiger charge is 1.89. The summed E-state index contributed by atoms with van der Waals surface area (Å²) in [4.78, 5) is 3.56. The number of hydrogen-bond donors (Lipinski definition) is 0. The van der Waals surface area contributed by atoms with E-state index in [9.17, 15) is 0 Å². The smallest absolute Gasteiger partial charge is 0.213 e. The van der Waals surface area contributed by atoms with Crippen molar-refractivity contribution in [2.45, 2.75) is 0 Å². The Morgan fingerprint density at radius 3 is 3.56 bits per heavy atom. The maximum Gasteiger partial charge on any atom is 0.213 e.